The molecule has 6 heteroatoms. The zero-order chi connectivity index (χ0) is 47.9. The lowest BCUT2D eigenvalue weighted by atomic mass is 10.0. The van der Waals surface area contributed by atoms with Crippen LogP contribution >= 0.6 is 0 Å². The lowest BCUT2D eigenvalue weighted by Crippen LogP contribution is -2.45. The van der Waals surface area contributed by atoms with Gasteiger partial charge in [-0.15, -0.1) is 0 Å². The van der Waals surface area contributed by atoms with E-state index in [4.69, 9.17) is 4.74 Å². The van der Waals surface area contributed by atoms with E-state index in [1.165, 1.54) is 212 Å². The predicted molar refractivity (Wildman–Crippen MR) is 287 cm³/mol. The second-order valence-corrected chi connectivity index (χ2v) is 20.3. The average molecular weight is 931 g/mol. The first kappa shape index (κ1) is 64.3. The number of ether oxygens (including phenoxy) is 1. The number of unbranched alkanes of at least 4 members (excludes halogenated alkanes) is 40. The number of esters is 1. The van der Waals surface area contributed by atoms with E-state index >= 15 is 0 Å². The molecule has 0 heterocycles. The molecule has 66 heavy (non-hydrogen) atoms. The largest absolute Gasteiger partial charge is 0.466 e. The normalized spacial score (nSPS) is 12.7. The minimum atomic E-state index is -0.688. The summed E-state index contributed by atoms with van der Waals surface area (Å²) in [6.07, 6.45) is 67.5. The molecule has 0 aliphatic carbocycles. The van der Waals surface area contributed by atoms with Gasteiger partial charge >= 0.3 is 5.97 Å². The number of allylic oxidation sites excluding steroid dienone is 4. The fraction of sp³-hybridized carbons (Fsp3) is 0.900. The molecule has 0 aromatic rings. The van der Waals surface area contributed by atoms with Gasteiger partial charge in [0.05, 0.1) is 25.4 Å². The van der Waals surface area contributed by atoms with Crippen LogP contribution in [0.25, 0.3) is 0 Å². The molecule has 0 aliphatic rings. The first-order chi connectivity index (χ1) is 32.5. The van der Waals surface area contributed by atoms with Gasteiger partial charge in [0.1, 0.15) is 0 Å². The van der Waals surface area contributed by atoms with Gasteiger partial charge in [0, 0.05) is 12.8 Å². The van der Waals surface area contributed by atoms with Gasteiger partial charge in [-0.3, -0.25) is 9.59 Å². The highest BCUT2D eigenvalue weighted by Crippen LogP contribution is 2.17. The Labute approximate surface area is 411 Å². The van der Waals surface area contributed by atoms with Crippen LogP contribution in [-0.2, 0) is 14.3 Å². The minimum Gasteiger partial charge on any atom is -0.466 e. The Hall–Kier alpha value is -1.66. The summed E-state index contributed by atoms with van der Waals surface area (Å²) < 4.78 is 5.44. The van der Waals surface area contributed by atoms with Gasteiger partial charge in [0.25, 0.3) is 0 Å². The summed E-state index contributed by atoms with van der Waals surface area (Å²) in [6, 6.07) is -0.568. The predicted octanol–water partition coefficient (Wildman–Crippen LogP) is 18.2. The molecule has 0 aromatic heterocycles. The van der Waals surface area contributed by atoms with E-state index in [2.05, 4.69) is 43.5 Å². The molecule has 3 N–H and O–H groups in total. The summed E-state index contributed by atoms with van der Waals surface area (Å²) in [5.41, 5.74) is 0. The van der Waals surface area contributed by atoms with Crippen molar-refractivity contribution in [1.82, 2.24) is 5.32 Å². The lowest BCUT2D eigenvalue weighted by Gasteiger charge is -2.22. The number of carbonyl (C=O) groups excluding carboxylic acids is 2. The molecule has 390 valence electrons. The second kappa shape index (κ2) is 55.9. The van der Waals surface area contributed by atoms with Crippen LogP contribution in [0.2, 0.25) is 0 Å². The number of rotatable bonds is 55. The number of aliphatic hydroxyl groups is 2. The van der Waals surface area contributed by atoms with Crippen LogP contribution in [0.4, 0.5) is 0 Å². The Balaban J connectivity index is 3.50. The molecule has 6 nitrogen and oxygen atoms in total. The molecule has 0 fully saturated rings. The summed E-state index contributed by atoms with van der Waals surface area (Å²) in [6.45, 7) is 4.88. The Morgan fingerprint density at radius 1 is 0.409 bits per heavy atom. The van der Waals surface area contributed by atoms with Crippen molar-refractivity contribution in [2.75, 3.05) is 13.2 Å². The zero-order valence-electron chi connectivity index (χ0n) is 44.4. The van der Waals surface area contributed by atoms with Crippen molar-refractivity contribution in [2.24, 2.45) is 0 Å². The van der Waals surface area contributed by atoms with Crippen molar-refractivity contribution in [3.8, 4) is 0 Å². The van der Waals surface area contributed by atoms with Crippen LogP contribution in [0.3, 0.4) is 0 Å². The van der Waals surface area contributed by atoms with Crippen molar-refractivity contribution < 1.29 is 24.5 Å². The second-order valence-electron chi connectivity index (χ2n) is 20.3. The summed E-state index contributed by atoms with van der Waals surface area (Å²) in [4.78, 5) is 24.5. The average Bonchev–Trinajstić information content (AvgIpc) is 3.32. The van der Waals surface area contributed by atoms with Gasteiger partial charge in [0.2, 0.25) is 5.91 Å². The number of carbonyl (C=O) groups is 2. The number of hydrogen-bond donors (Lipinski definition) is 3. The smallest absolute Gasteiger partial charge is 0.305 e. The molecule has 2 unspecified atom stereocenters. The van der Waals surface area contributed by atoms with Crippen LogP contribution in [0.15, 0.2) is 24.3 Å². The summed E-state index contributed by atoms with van der Waals surface area (Å²) in [7, 11) is 0. The molecule has 0 aromatic carbocycles. The molecule has 1 amide bonds. The zero-order valence-corrected chi connectivity index (χ0v) is 44.4. The molecule has 0 bridgehead atoms. The molecule has 0 radical (unpaired) electrons. The molecular weight excluding hydrogens is 815 g/mol. The molecular formula is C60H115NO5. The Kier molecular flexibility index (Phi) is 54.5. The maximum absolute atomic E-state index is 12.5. The van der Waals surface area contributed by atoms with Crippen molar-refractivity contribution in [3.05, 3.63) is 24.3 Å². The number of nitrogens with one attached hydrogen (secondary N) is 1. The van der Waals surface area contributed by atoms with E-state index in [9.17, 15) is 19.8 Å². The van der Waals surface area contributed by atoms with Crippen LogP contribution in [0, 0.1) is 0 Å². The minimum absolute atomic E-state index is 0.0433. The van der Waals surface area contributed by atoms with Gasteiger partial charge in [-0.2, -0.15) is 0 Å². The Morgan fingerprint density at radius 2 is 0.712 bits per heavy atom. The van der Waals surface area contributed by atoms with E-state index in [1.54, 1.807) is 0 Å². The van der Waals surface area contributed by atoms with E-state index in [1.807, 2.05) is 0 Å². The Morgan fingerprint density at radius 3 is 1.08 bits per heavy atom. The maximum atomic E-state index is 12.5. The van der Waals surface area contributed by atoms with Crippen molar-refractivity contribution in [3.63, 3.8) is 0 Å². The van der Waals surface area contributed by atoms with Gasteiger partial charge in [0.15, 0.2) is 0 Å². The molecule has 0 saturated carbocycles. The lowest BCUT2D eigenvalue weighted by molar-refractivity contribution is -0.143. The quantitative estimate of drug-likeness (QED) is 0.0321. The number of aliphatic hydroxyl groups excluding tert-OH is 2. The van der Waals surface area contributed by atoms with E-state index in [0.29, 0.717) is 25.9 Å². The van der Waals surface area contributed by atoms with E-state index < -0.39 is 12.1 Å². The third-order valence-electron chi connectivity index (χ3n) is 13.7. The molecule has 0 rings (SSSR count). The number of hydrogen-bond acceptors (Lipinski definition) is 5. The van der Waals surface area contributed by atoms with E-state index in [0.717, 1.165) is 77.0 Å². The Bertz CT molecular complexity index is 1030. The highest BCUT2D eigenvalue weighted by atomic mass is 16.5. The first-order valence-corrected chi connectivity index (χ1v) is 29.6. The third-order valence-corrected chi connectivity index (χ3v) is 13.7. The van der Waals surface area contributed by atoms with Crippen LogP contribution in [0.5, 0.6) is 0 Å². The monoisotopic (exact) mass is 930 g/mol. The van der Waals surface area contributed by atoms with Crippen LogP contribution in [0.1, 0.15) is 322 Å². The summed E-state index contributed by atoms with van der Waals surface area (Å²) in [5, 5.41) is 23.3. The van der Waals surface area contributed by atoms with E-state index in [-0.39, 0.29) is 18.5 Å². The van der Waals surface area contributed by atoms with Gasteiger partial charge in [-0.1, -0.05) is 256 Å². The van der Waals surface area contributed by atoms with Crippen LogP contribution in [-0.4, -0.2) is 47.4 Å². The first-order valence-electron chi connectivity index (χ1n) is 29.6. The van der Waals surface area contributed by atoms with Crippen molar-refractivity contribution in [2.45, 2.75) is 334 Å². The highest BCUT2D eigenvalue weighted by Gasteiger charge is 2.20. The standard InChI is InChI=1S/C60H115NO5/c1-3-5-7-9-11-13-15-17-19-20-21-22-23-24-25-26-27-29-30-32-36-40-44-48-52-58(63)57(56-62)61-59(64)53-49-45-41-37-34-35-39-43-47-51-55-66-60(65)54-50-46-42-38-33-31-28-18-16-14-12-10-8-6-4-2/h18,28,35,39,57-58,62-63H,3-17,19-27,29-34,36-38,40-56H2,1-2H3,(H,61,64)/b28-18-,39-35-. The van der Waals surface area contributed by atoms with Crippen molar-refractivity contribution >= 4 is 11.9 Å². The molecule has 2 atom stereocenters. The summed E-state index contributed by atoms with van der Waals surface area (Å²) >= 11 is 0. The van der Waals surface area contributed by atoms with Crippen LogP contribution < -0.4 is 5.32 Å². The van der Waals surface area contributed by atoms with Gasteiger partial charge in [-0.25, -0.2) is 0 Å². The van der Waals surface area contributed by atoms with Crippen molar-refractivity contribution in [1.29, 1.82) is 0 Å². The fourth-order valence-corrected chi connectivity index (χ4v) is 9.16. The number of amides is 1. The van der Waals surface area contributed by atoms with Gasteiger partial charge in [-0.05, 0) is 77.0 Å². The molecule has 0 saturated heterocycles. The third kappa shape index (κ3) is 51.7. The SMILES string of the molecule is CCCCCCCC/C=C\CCCCCCCC(=O)OCCCC/C=C\CCCCCCC(=O)NC(CO)C(O)CCCCCCCCCCCCCCCCCCCCCCCCCC. The molecule has 0 aliphatic heterocycles. The maximum Gasteiger partial charge on any atom is 0.305 e. The summed E-state index contributed by atoms with van der Waals surface area (Å²) in [5.74, 6) is -0.112. The fourth-order valence-electron chi connectivity index (χ4n) is 9.16. The highest BCUT2D eigenvalue weighted by molar-refractivity contribution is 5.76. The topological polar surface area (TPSA) is 95.9 Å². The molecule has 0 spiro atoms. The van der Waals surface area contributed by atoms with Gasteiger partial charge < -0.3 is 20.3 Å².